The smallest absolute Gasteiger partial charge is 0.252 e. The number of rotatable bonds is 5. The zero-order chi connectivity index (χ0) is 12.1. The first-order valence-corrected chi connectivity index (χ1v) is 5.90. The maximum absolute atomic E-state index is 11.7. The summed E-state index contributed by atoms with van der Waals surface area (Å²) in [5, 5.41) is 2.79. The summed E-state index contributed by atoms with van der Waals surface area (Å²) in [6, 6.07) is 1.69. The summed E-state index contributed by atoms with van der Waals surface area (Å²) < 4.78 is 12.9. The van der Waals surface area contributed by atoms with E-state index >= 15 is 0 Å². The Morgan fingerprint density at radius 1 is 1.53 bits per heavy atom. The van der Waals surface area contributed by atoms with Gasteiger partial charge >= 0.3 is 0 Å². The molecule has 1 N–H and O–H groups in total. The average molecular weight is 252 g/mol. The van der Waals surface area contributed by atoms with Crippen LogP contribution in [0, 0.1) is 0 Å². The van der Waals surface area contributed by atoms with Crippen LogP contribution in [0.3, 0.4) is 0 Å². The monoisotopic (exact) mass is 252 g/mol. The normalized spacial score (nSPS) is 10.6. The third-order valence-corrected chi connectivity index (χ3v) is 2.72. The Kier molecular flexibility index (Phi) is 3.94. The second-order valence-electron chi connectivity index (χ2n) is 3.43. The van der Waals surface area contributed by atoms with Crippen LogP contribution in [0.2, 0.25) is 0 Å². The second kappa shape index (κ2) is 5.65. The molecule has 0 atom stereocenters. The molecular weight excluding hydrogens is 240 g/mol. The van der Waals surface area contributed by atoms with Gasteiger partial charge in [0.2, 0.25) is 0 Å². The largest absolute Gasteiger partial charge is 0.385 e. The van der Waals surface area contributed by atoms with Gasteiger partial charge in [-0.05, 0) is 12.5 Å². The Balaban J connectivity index is 1.98. The Morgan fingerprint density at radius 2 is 2.41 bits per heavy atom. The molecule has 0 radical (unpaired) electrons. The first kappa shape index (κ1) is 11.9. The molecule has 0 aliphatic heterocycles. The second-order valence-corrected chi connectivity index (χ2v) is 3.96. The van der Waals surface area contributed by atoms with Gasteiger partial charge in [-0.15, -0.1) is 0 Å². The molecule has 0 saturated carbocycles. The Labute approximate surface area is 102 Å². The van der Waals surface area contributed by atoms with E-state index < -0.39 is 0 Å². The minimum absolute atomic E-state index is 0.150. The SMILES string of the molecule is COCCCNC(=O)c1cnc2nsnc2c1. The number of amides is 1. The molecule has 0 spiro atoms. The number of carbonyl (C=O) groups is 1. The van der Waals surface area contributed by atoms with Crippen molar-refractivity contribution in [3.05, 3.63) is 17.8 Å². The van der Waals surface area contributed by atoms with Crippen LogP contribution < -0.4 is 5.32 Å². The molecule has 2 aromatic rings. The summed E-state index contributed by atoms with van der Waals surface area (Å²) in [6.07, 6.45) is 2.30. The molecule has 0 unspecified atom stereocenters. The van der Waals surface area contributed by atoms with E-state index in [-0.39, 0.29) is 5.91 Å². The first-order chi connectivity index (χ1) is 8.31. The Bertz CT molecular complexity index is 514. The van der Waals surface area contributed by atoms with Crippen molar-refractivity contribution in [1.29, 1.82) is 0 Å². The Hall–Kier alpha value is -1.60. The van der Waals surface area contributed by atoms with E-state index in [1.165, 1.54) is 6.20 Å². The van der Waals surface area contributed by atoms with Crippen molar-refractivity contribution >= 4 is 28.8 Å². The lowest BCUT2D eigenvalue weighted by atomic mass is 10.2. The maximum Gasteiger partial charge on any atom is 0.252 e. The molecule has 0 saturated heterocycles. The van der Waals surface area contributed by atoms with Crippen molar-refractivity contribution in [2.75, 3.05) is 20.3 Å². The van der Waals surface area contributed by atoms with Gasteiger partial charge in [-0.1, -0.05) is 0 Å². The van der Waals surface area contributed by atoms with Crippen LogP contribution >= 0.6 is 11.7 Å². The van der Waals surface area contributed by atoms with Crippen LogP contribution in [0.15, 0.2) is 12.3 Å². The van der Waals surface area contributed by atoms with Crippen molar-refractivity contribution in [2.24, 2.45) is 0 Å². The first-order valence-electron chi connectivity index (χ1n) is 5.16. The van der Waals surface area contributed by atoms with Gasteiger partial charge in [-0.3, -0.25) is 4.79 Å². The fourth-order valence-corrected chi connectivity index (χ4v) is 1.81. The molecule has 0 bridgehead atoms. The molecule has 2 heterocycles. The molecule has 90 valence electrons. The molecule has 0 aliphatic carbocycles. The number of ether oxygens (including phenoxy) is 1. The van der Waals surface area contributed by atoms with Crippen LogP contribution in [-0.2, 0) is 4.74 Å². The lowest BCUT2D eigenvalue weighted by Gasteiger charge is -2.03. The zero-order valence-corrected chi connectivity index (χ0v) is 10.2. The van der Waals surface area contributed by atoms with Crippen molar-refractivity contribution in [1.82, 2.24) is 19.0 Å². The summed E-state index contributed by atoms with van der Waals surface area (Å²) in [4.78, 5) is 15.8. The highest BCUT2D eigenvalue weighted by Gasteiger charge is 2.08. The van der Waals surface area contributed by atoms with Crippen LogP contribution in [-0.4, -0.2) is 39.9 Å². The van der Waals surface area contributed by atoms with Crippen LogP contribution in [0.5, 0.6) is 0 Å². The standard InChI is InChI=1S/C10H12N4O2S/c1-16-4-2-3-11-10(15)7-5-8-9(12-6-7)14-17-13-8/h5-6H,2-4H2,1H3,(H,11,15). The van der Waals surface area contributed by atoms with E-state index in [2.05, 4.69) is 19.0 Å². The highest BCUT2D eigenvalue weighted by atomic mass is 32.1. The van der Waals surface area contributed by atoms with Gasteiger partial charge in [-0.2, -0.15) is 8.75 Å². The quantitative estimate of drug-likeness (QED) is 0.798. The number of aromatic nitrogens is 3. The van der Waals surface area contributed by atoms with Crippen molar-refractivity contribution < 1.29 is 9.53 Å². The maximum atomic E-state index is 11.7. The number of pyridine rings is 1. The number of nitrogens with one attached hydrogen (secondary N) is 1. The number of methoxy groups -OCH3 is 1. The fraction of sp³-hybridized carbons (Fsp3) is 0.400. The summed E-state index contributed by atoms with van der Waals surface area (Å²) in [6.45, 7) is 1.22. The fourth-order valence-electron chi connectivity index (χ4n) is 1.33. The van der Waals surface area contributed by atoms with Gasteiger partial charge in [0.15, 0.2) is 5.65 Å². The van der Waals surface area contributed by atoms with Crippen LogP contribution in [0.4, 0.5) is 0 Å². The highest BCUT2D eigenvalue weighted by molar-refractivity contribution is 7.00. The predicted octanol–water partition coefficient (Wildman–Crippen LogP) is 0.853. The summed E-state index contributed by atoms with van der Waals surface area (Å²) >= 11 is 1.09. The lowest BCUT2D eigenvalue weighted by Crippen LogP contribution is -2.25. The molecule has 0 aromatic carbocycles. The minimum atomic E-state index is -0.150. The van der Waals surface area contributed by atoms with Crippen LogP contribution in [0.1, 0.15) is 16.8 Å². The van der Waals surface area contributed by atoms with Gasteiger partial charge in [0.25, 0.3) is 5.91 Å². The van der Waals surface area contributed by atoms with E-state index in [1.54, 1.807) is 13.2 Å². The number of hydrogen-bond acceptors (Lipinski definition) is 6. The molecule has 1 amide bonds. The van der Waals surface area contributed by atoms with Crippen molar-refractivity contribution in [3.63, 3.8) is 0 Å². The van der Waals surface area contributed by atoms with Gasteiger partial charge in [0, 0.05) is 26.5 Å². The van der Waals surface area contributed by atoms with E-state index in [1.807, 2.05) is 0 Å². The lowest BCUT2D eigenvalue weighted by molar-refractivity contribution is 0.0948. The van der Waals surface area contributed by atoms with E-state index in [9.17, 15) is 4.79 Å². The molecule has 2 aromatic heterocycles. The number of nitrogens with zero attached hydrogens (tertiary/aromatic N) is 3. The summed E-state index contributed by atoms with van der Waals surface area (Å²) in [5.41, 5.74) is 1.73. The topological polar surface area (TPSA) is 77.0 Å². The summed E-state index contributed by atoms with van der Waals surface area (Å²) in [7, 11) is 1.63. The molecule has 6 nitrogen and oxygen atoms in total. The van der Waals surface area contributed by atoms with E-state index in [0.29, 0.717) is 29.9 Å². The molecule has 0 fully saturated rings. The average Bonchev–Trinajstić information content (AvgIpc) is 2.81. The van der Waals surface area contributed by atoms with Crippen molar-refractivity contribution in [3.8, 4) is 0 Å². The number of carbonyl (C=O) groups excluding carboxylic acids is 1. The third kappa shape index (κ3) is 2.95. The Morgan fingerprint density at radius 3 is 3.24 bits per heavy atom. The molecular formula is C10H12N4O2S. The minimum Gasteiger partial charge on any atom is -0.385 e. The van der Waals surface area contributed by atoms with E-state index in [4.69, 9.17) is 4.74 Å². The molecule has 7 heteroatoms. The zero-order valence-electron chi connectivity index (χ0n) is 9.34. The third-order valence-electron chi connectivity index (χ3n) is 2.19. The van der Waals surface area contributed by atoms with Crippen LogP contribution in [0.25, 0.3) is 11.2 Å². The predicted molar refractivity (Wildman–Crippen MR) is 64.0 cm³/mol. The van der Waals surface area contributed by atoms with Gasteiger partial charge in [0.1, 0.15) is 5.52 Å². The highest BCUT2D eigenvalue weighted by Crippen LogP contribution is 2.10. The summed E-state index contributed by atoms with van der Waals surface area (Å²) in [5.74, 6) is -0.150. The van der Waals surface area contributed by atoms with Gasteiger partial charge < -0.3 is 10.1 Å². The number of fused-ring (bicyclic) bond motifs is 1. The van der Waals surface area contributed by atoms with E-state index in [0.717, 1.165) is 18.1 Å². The van der Waals surface area contributed by atoms with Crippen molar-refractivity contribution in [2.45, 2.75) is 6.42 Å². The van der Waals surface area contributed by atoms with Gasteiger partial charge in [-0.25, -0.2) is 4.98 Å². The number of hydrogen-bond donors (Lipinski definition) is 1. The van der Waals surface area contributed by atoms with Gasteiger partial charge in [0.05, 0.1) is 17.3 Å². The molecule has 0 aliphatic rings. The molecule has 2 rings (SSSR count). The molecule has 17 heavy (non-hydrogen) atoms.